The normalized spacial score (nSPS) is 12.5. The second-order valence-electron chi connectivity index (χ2n) is 8.62. The molecule has 0 aliphatic heterocycles. The Kier molecular flexibility index (Phi) is 17.1. The summed E-state index contributed by atoms with van der Waals surface area (Å²) >= 11 is 0. The average Bonchev–Trinajstić information content (AvgIpc) is 2.68. The van der Waals surface area contributed by atoms with Gasteiger partial charge in [-0.05, 0) is 30.0 Å². The van der Waals surface area contributed by atoms with Crippen LogP contribution in [-0.2, 0) is 10.1 Å². The van der Waals surface area contributed by atoms with E-state index in [2.05, 4.69) is 6.92 Å². The maximum absolute atomic E-state index is 12.1. The van der Waals surface area contributed by atoms with Crippen LogP contribution in [0.2, 0.25) is 0 Å². The van der Waals surface area contributed by atoms with Crippen LogP contribution in [0.1, 0.15) is 122 Å². The van der Waals surface area contributed by atoms with E-state index in [1.54, 1.807) is 0 Å². The van der Waals surface area contributed by atoms with Crippen molar-refractivity contribution in [2.24, 2.45) is 0 Å². The number of hydrogen-bond donors (Lipinski definition) is 2. The fraction of sp³-hybridized carbons (Fsp3) is 0.750. The minimum Gasteiger partial charge on any atom is -0.872 e. The molecule has 1 atom stereocenters. The van der Waals surface area contributed by atoms with E-state index in [1.165, 1.54) is 83.1 Å². The number of aromatic hydroxyl groups is 1. The Labute approximate surface area is 212 Å². The topological polar surface area (TPSA) is 97.7 Å². The summed E-state index contributed by atoms with van der Waals surface area (Å²) in [5, 5.41) is 22.0. The fourth-order valence-electron chi connectivity index (χ4n) is 3.96. The smallest absolute Gasteiger partial charge is 0.872 e. The predicted molar refractivity (Wildman–Crippen MR) is 121 cm³/mol. The predicted octanol–water partition coefficient (Wildman–Crippen LogP) is 3.69. The maximum atomic E-state index is 12.1. The van der Waals surface area contributed by atoms with Gasteiger partial charge in [0.2, 0.25) is 0 Å². The van der Waals surface area contributed by atoms with E-state index in [4.69, 9.17) is 4.55 Å². The van der Waals surface area contributed by atoms with E-state index in [0.717, 1.165) is 25.3 Å². The van der Waals surface area contributed by atoms with Crippen molar-refractivity contribution in [3.63, 3.8) is 0 Å². The van der Waals surface area contributed by atoms with Gasteiger partial charge in [0.15, 0.2) is 0 Å². The van der Waals surface area contributed by atoms with Crippen LogP contribution in [0, 0.1) is 0 Å². The zero-order valence-electron chi connectivity index (χ0n) is 19.9. The molecule has 1 aromatic rings. The fourth-order valence-corrected chi connectivity index (χ4v) is 4.54. The van der Waals surface area contributed by atoms with Gasteiger partial charge in [-0.3, -0.25) is 4.55 Å². The molecule has 174 valence electrons. The first kappa shape index (κ1) is 30.7. The second-order valence-corrected chi connectivity index (χ2v) is 10.0. The summed E-state index contributed by atoms with van der Waals surface area (Å²) in [6, 6.07) is 1.99. The van der Waals surface area contributed by atoms with Crippen LogP contribution in [0.4, 0.5) is 0 Å². The summed E-state index contributed by atoms with van der Waals surface area (Å²) in [7, 11) is -4.59. The third-order valence-electron chi connectivity index (χ3n) is 5.89. The molecule has 5 nitrogen and oxygen atoms in total. The van der Waals surface area contributed by atoms with Gasteiger partial charge in [-0.2, -0.15) is 8.42 Å². The molecule has 2 N–H and O–H groups in total. The summed E-state index contributed by atoms with van der Waals surface area (Å²) in [5.74, 6) is -1.09. The molecule has 0 bridgehead atoms. The van der Waals surface area contributed by atoms with Gasteiger partial charge in [0.25, 0.3) is 10.1 Å². The van der Waals surface area contributed by atoms with Gasteiger partial charge in [0.05, 0.1) is 0 Å². The summed E-state index contributed by atoms with van der Waals surface area (Å²) in [6.45, 7) is 4.16. The summed E-state index contributed by atoms with van der Waals surface area (Å²) in [4.78, 5) is -0.722. The first-order chi connectivity index (χ1) is 14.3. The van der Waals surface area contributed by atoms with Crippen LogP contribution < -0.4 is 34.7 Å². The summed E-state index contributed by atoms with van der Waals surface area (Å²) in [5.41, 5.74) is 0.398. The van der Waals surface area contributed by atoms with Crippen molar-refractivity contribution in [1.29, 1.82) is 0 Å². The first-order valence-electron chi connectivity index (χ1n) is 11.8. The third kappa shape index (κ3) is 13.1. The number of hydrogen-bond acceptors (Lipinski definition) is 4. The van der Waals surface area contributed by atoms with E-state index in [1.807, 2.05) is 6.92 Å². The van der Waals surface area contributed by atoms with E-state index >= 15 is 0 Å². The number of phenols is 1. The number of unbranched alkanes of at least 4 members (excludes halogenated alkanes) is 13. The second kappa shape index (κ2) is 17.2. The molecular formula is C24H41NaO5S. The van der Waals surface area contributed by atoms with Gasteiger partial charge < -0.3 is 10.2 Å². The van der Waals surface area contributed by atoms with E-state index in [9.17, 15) is 18.6 Å². The number of phenolic OH excluding ortho intramolecular Hbond substituents is 1. The Morgan fingerprint density at radius 3 is 1.68 bits per heavy atom. The van der Waals surface area contributed by atoms with Gasteiger partial charge >= 0.3 is 29.6 Å². The molecule has 0 saturated carbocycles. The Balaban J connectivity index is 0.00000900. The van der Waals surface area contributed by atoms with E-state index in [0.29, 0.717) is 5.56 Å². The van der Waals surface area contributed by atoms with Crippen LogP contribution in [0.15, 0.2) is 17.0 Å². The quantitative estimate of drug-likeness (QED) is 0.208. The monoisotopic (exact) mass is 464 g/mol. The molecule has 1 rings (SSSR count). The van der Waals surface area contributed by atoms with Gasteiger partial charge in [-0.15, -0.1) is 5.75 Å². The van der Waals surface area contributed by atoms with Crippen molar-refractivity contribution in [3.05, 3.63) is 17.7 Å². The molecule has 0 aliphatic rings. The van der Waals surface area contributed by atoms with Crippen molar-refractivity contribution < 1.29 is 52.7 Å². The molecule has 0 radical (unpaired) electrons. The van der Waals surface area contributed by atoms with Gasteiger partial charge in [-0.1, -0.05) is 104 Å². The van der Waals surface area contributed by atoms with Crippen molar-refractivity contribution in [3.8, 4) is 11.5 Å². The molecule has 0 aromatic heterocycles. The largest absolute Gasteiger partial charge is 1.00 e. The summed E-state index contributed by atoms with van der Waals surface area (Å²) in [6.07, 6.45) is 18.9. The molecule has 0 amide bonds. The van der Waals surface area contributed by atoms with E-state index in [-0.39, 0.29) is 35.5 Å². The molecule has 0 fully saturated rings. The zero-order valence-corrected chi connectivity index (χ0v) is 22.7. The Bertz CT molecular complexity index is 706. The molecule has 0 spiro atoms. The molecule has 7 heteroatoms. The molecule has 0 heterocycles. The molecule has 0 aliphatic carbocycles. The van der Waals surface area contributed by atoms with Crippen LogP contribution in [0.25, 0.3) is 0 Å². The Hall–Kier alpha value is -0.270. The van der Waals surface area contributed by atoms with Crippen LogP contribution in [0.3, 0.4) is 0 Å². The minimum absolute atomic E-state index is 0. The van der Waals surface area contributed by atoms with Crippen molar-refractivity contribution in [2.75, 3.05) is 0 Å². The van der Waals surface area contributed by atoms with Crippen molar-refractivity contribution >= 4 is 10.1 Å². The molecule has 31 heavy (non-hydrogen) atoms. The van der Waals surface area contributed by atoms with Crippen LogP contribution in [-0.4, -0.2) is 18.1 Å². The van der Waals surface area contributed by atoms with Crippen LogP contribution >= 0.6 is 0 Å². The zero-order chi connectivity index (χ0) is 22.4. The molecule has 0 saturated heterocycles. The van der Waals surface area contributed by atoms with Crippen LogP contribution in [0.5, 0.6) is 11.5 Å². The Morgan fingerprint density at radius 2 is 1.26 bits per heavy atom. The standard InChI is InChI=1S/C24H42O5S.Na/c1-3-4-5-6-7-8-9-10-11-12-13-14-15-16-17-20(2)21-18-23(26)24(19-22(21)25)30(27,28)29;/h18-20,25-26H,3-17H2,1-2H3,(H,27,28,29);/q;+1/p-1. The van der Waals surface area contributed by atoms with Gasteiger partial charge in [-0.25, -0.2) is 0 Å². The van der Waals surface area contributed by atoms with Crippen molar-refractivity contribution in [1.82, 2.24) is 0 Å². The maximum Gasteiger partial charge on any atom is 1.00 e. The van der Waals surface area contributed by atoms with E-state index < -0.39 is 26.5 Å². The Morgan fingerprint density at radius 1 is 0.839 bits per heavy atom. The molecule has 1 unspecified atom stereocenters. The first-order valence-corrected chi connectivity index (χ1v) is 13.2. The molecule has 1 aromatic carbocycles. The minimum atomic E-state index is -4.59. The number of benzene rings is 1. The SMILES string of the molecule is CCCCCCCCCCCCCCCCC(C)c1cc(O)c(S(=O)(=O)O)cc1[O-].[Na+]. The summed E-state index contributed by atoms with van der Waals surface area (Å²) < 4.78 is 31.4. The third-order valence-corrected chi connectivity index (χ3v) is 6.77. The molecular weight excluding hydrogens is 423 g/mol. The van der Waals surface area contributed by atoms with Crippen molar-refractivity contribution in [2.45, 2.75) is 121 Å². The number of rotatable bonds is 17. The van der Waals surface area contributed by atoms with Gasteiger partial charge in [0.1, 0.15) is 10.6 Å². The van der Waals surface area contributed by atoms with Gasteiger partial charge in [0, 0.05) is 0 Å². The average molecular weight is 465 g/mol.